The zero-order valence-electron chi connectivity index (χ0n) is 10.5. The SMILES string of the molecule is CC.CN1CCC2(COc3ccccc32)C1. The van der Waals surface area contributed by atoms with Gasteiger partial charge in [0, 0.05) is 17.5 Å². The molecule has 1 unspecified atom stereocenters. The van der Waals surface area contributed by atoms with Crippen LogP contribution in [0.15, 0.2) is 24.3 Å². The van der Waals surface area contributed by atoms with Gasteiger partial charge in [-0.1, -0.05) is 32.0 Å². The van der Waals surface area contributed by atoms with E-state index in [0.29, 0.717) is 5.41 Å². The second-order valence-electron chi connectivity index (χ2n) is 4.55. The first-order chi connectivity index (χ1) is 7.80. The Morgan fingerprint density at radius 2 is 2.00 bits per heavy atom. The molecule has 1 atom stereocenters. The fourth-order valence-electron chi connectivity index (χ4n) is 2.74. The second kappa shape index (κ2) is 4.46. The van der Waals surface area contributed by atoms with Crippen molar-refractivity contribution < 1.29 is 4.74 Å². The number of nitrogens with zero attached hydrogens (tertiary/aromatic N) is 1. The minimum absolute atomic E-state index is 0.297. The van der Waals surface area contributed by atoms with Crippen LogP contribution in [0.4, 0.5) is 0 Å². The van der Waals surface area contributed by atoms with Gasteiger partial charge in [0.1, 0.15) is 5.75 Å². The summed E-state index contributed by atoms with van der Waals surface area (Å²) in [5.74, 6) is 1.10. The second-order valence-corrected chi connectivity index (χ2v) is 4.55. The molecule has 1 spiro atoms. The van der Waals surface area contributed by atoms with Crippen molar-refractivity contribution in [3.8, 4) is 5.75 Å². The third kappa shape index (κ3) is 1.71. The quantitative estimate of drug-likeness (QED) is 0.665. The first kappa shape index (κ1) is 11.5. The summed E-state index contributed by atoms with van der Waals surface area (Å²) in [6.45, 7) is 7.21. The maximum atomic E-state index is 5.76. The van der Waals surface area contributed by atoms with Crippen molar-refractivity contribution in [2.45, 2.75) is 25.7 Å². The molecule has 3 rings (SSSR count). The number of likely N-dealkylation sites (tertiary alicyclic amines) is 1. The largest absolute Gasteiger partial charge is 0.492 e. The normalized spacial score (nSPS) is 27.2. The lowest BCUT2D eigenvalue weighted by molar-refractivity contribution is 0.263. The van der Waals surface area contributed by atoms with Crippen LogP contribution in [0, 0.1) is 0 Å². The highest BCUT2D eigenvalue weighted by molar-refractivity contribution is 5.44. The number of likely N-dealkylation sites (N-methyl/N-ethyl adjacent to an activating group) is 1. The van der Waals surface area contributed by atoms with Crippen LogP contribution in [0.5, 0.6) is 5.75 Å². The highest BCUT2D eigenvalue weighted by atomic mass is 16.5. The van der Waals surface area contributed by atoms with E-state index in [9.17, 15) is 0 Å². The monoisotopic (exact) mass is 219 g/mol. The van der Waals surface area contributed by atoms with Crippen molar-refractivity contribution >= 4 is 0 Å². The van der Waals surface area contributed by atoms with Crippen LogP contribution in [0.25, 0.3) is 0 Å². The molecule has 0 aliphatic carbocycles. The Hall–Kier alpha value is -1.02. The van der Waals surface area contributed by atoms with E-state index in [2.05, 4.69) is 36.2 Å². The van der Waals surface area contributed by atoms with Gasteiger partial charge in [0.05, 0.1) is 6.61 Å². The minimum atomic E-state index is 0.297. The van der Waals surface area contributed by atoms with Gasteiger partial charge in [-0.25, -0.2) is 0 Å². The van der Waals surface area contributed by atoms with Crippen LogP contribution in [-0.2, 0) is 5.41 Å². The van der Waals surface area contributed by atoms with Gasteiger partial charge in [0.25, 0.3) is 0 Å². The van der Waals surface area contributed by atoms with Crippen LogP contribution in [0.3, 0.4) is 0 Å². The summed E-state index contributed by atoms with van der Waals surface area (Å²) in [5, 5.41) is 0. The molecule has 2 aliphatic heterocycles. The Bertz CT molecular complexity index is 360. The predicted molar refractivity (Wildman–Crippen MR) is 67.1 cm³/mol. The van der Waals surface area contributed by atoms with E-state index in [-0.39, 0.29) is 0 Å². The molecule has 0 bridgehead atoms. The number of para-hydroxylation sites is 1. The van der Waals surface area contributed by atoms with Gasteiger partial charge in [0.15, 0.2) is 0 Å². The van der Waals surface area contributed by atoms with Gasteiger partial charge in [-0.05, 0) is 26.1 Å². The third-order valence-corrected chi connectivity index (χ3v) is 3.51. The Labute approximate surface area is 98.2 Å². The highest BCUT2D eigenvalue weighted by Crippen LogP contribution is 2.43. The molecule has 2 heterocycles. The summed E-state index contributed by atoms with van der Waals surface area (Å²) < 4.78 is 5.76. The summed E-state index contributed by atoms with van der Waals surface area (Å²) in [4.78, 5) is 2.39. The summed E-state index contributed by atoms with van der Waals surface area (Å²) >= 11 is 0. The molecule has 2 heteroatoms. The molecule has 1 fully saturated rings. The Balaban J connectivity index is 0.000000457. The van der Waals surface area contributed by atoms with Gasteiger partial charge in [-0.15, -0.1) is 0 Å². The molecule has 1 aromatic rings. The number of rotatable bonds is 0. The van der Waals surface area contributed by atoms with Crippen molar-refractivity contribution in [2.75, 3.05) is 26.7 Å². The van der Waals surface area contributed by atoms with E-state index in [0.717, 1.165) is 18.9 Å². The van der Waals surface area contributed by atoms with Crippen LogP contribution in [-0.4, -0.2) is 31.6 Å². The van der Waals surface area contributed by atoms with E-state index in [4.69, 9.17) is 4.74 Å². The summed E-state index contributed by atoms with van der Waals surface area (Å²) in [6.07, 6.45) is 1.24. The van der Waals surface area contributed by atoms with Crippen molar-refractivity contribution in [1.82, 2.24) is 4.90 Å². The Morgan fingerprint density at radius 1 is 1.25 bits per heavy atom. The van der Waals surface area contributed by atoms with Gasteiger partial charge < -0.3 is 9.64 Å². The van der Waals surface area contributed by atoms with Gasteiger partial charge in [-0.2, -0.15) is 0 Å². The third-order valence-electron chi connectivity index (χ3n) is 3.51. The first-order valence-corrected chi connectivity index (χ1v) is 6.21. The molecule has 2 aliphatic rings. The van der Waals surface area contributed by atoms with E-state index in [1.807, 2.05) is 13.8 Å². The fourth-order valence-corrected chi connectivity index (χ4v) is 2.74. The predicted octanol–water partition coefficient (Wildman–Crippen LogP) is 2.68. The van der Waals surface area contributed by atoms with Crippen molar-refractivity contribution in [3.05, 3.63) is 29.8 Å². The molecule has 1 aromatic carbocycles. The molecule has 0 radical (unpaired) electrons. The number of benzene rings is 1. The van der Waals surface area contributed by atoms with Crippen LogP contribution in [0.1, 0.15) is 25.8 Å². The average molecular weight is 219 g/mol. The van der Waals surface area contributed by atoms with Crippen LogP contribution in [0.2, 0.25) is 0 Å². The van der Waals surface area contributed by atoms with E-state index in [1.165, 1.54) is 18.5 Å². The van der Waals surface area contributed by atoms with E-state index >= 15 is 0 Å². The van der Waals surface area contributed by atoms with E-state index < -0.39 is 0 Å². The highest BCUT2D eigenvalue weighted by Gasteiger charge is 2.44. The molecular formula is C14H21NO. The maximum absolute atomic E-state index is 5.76. The summed E-state index contributed by atoms with van der Waals surface area (Å²) in [5.41, 5.74) is 1.72. The zero-order chi connectivity index (χ0) is 11.6. The molecule has 16 heavy (non-hydrogen) atoms. The standard InChI is InChI=1S/C12H15NO.C2H6/c1-13-7-6-12(8-13)9-14-11-5-3-2-4-10(11)12;1-2/h2-5H,6-9H2,1H3;1-2H3. The summed E-state index contributed by atoms with van der Waals surface area (Å²) in [7, 11) is 2.19. The lowest BCUT2D eigenvalue weighted by Crippen LogP contribution is -2.31. The van der Waals surface area contributed by atoms with Crippen molar-refractivity contribution in [3.63, 3.8) is 0 Å². The molecule has 1 saturated heterocycles. The average Bonchev–Trinajstić information content (AvgIpc) is 2.89. The maximum Gasteiger partial charge on any atom is 0.123 e. The van der Waals surface area contributed by atoms with Gasteiger partial charge in [-0.3, -0.25) is 0 Å². The summed E-state index contributed by atoms with van der Waals surface area (Å²) in [6, 6.07) is 8.48. The van der Waals surface area contributed by atoms with Crippen LogP contribution >= 0.6 is 0 Å². The van der Waals surface area contributed by atoms with Crippen molar-refractivity contribution in [1.29, 1.82) is 0 Å². The topological polar surface area (TPSA) is 12.5 Å². The lowest BCUT2D eigenvalue weighted by atomic mass is 9.82. The molecule has 0 aromatic heterocycles. The van der Waals surface area contributed by atoms with Crippen LogP contribution < -0.4 is 4.74 Å². The fraction of sp³-hybridized carbons (Fsp3) is 0.571. The molecule has 0 N–H and O–H groups in total. The smallest absolute Gasteiger partial charge is 0.123 e. The molecule has 0 amide bonds. The molecular weight excluding hydrogens is 198 g/mol. The van der Waals surface area contributed by atoms with Gasteiger partial charge >= 0.3 is 0 Å². The van der Waals surface area contributed by atoms with Gasteiger partial charge in [0.2, 0.25) is 0 Å². The van der Waals surface area contributed by atoms with E-state index in [1.54, 1.807) is 0 Å². The Morgan fingerprint density at radius 3 is 2.69 bits per heavy atom. The number of ether oxygens (including phenoxy) is 1. The number of fused-ring (bicyclic) bond motifs is 2. The molecule has 88 valence electrons. The molecule has 0 saturated carbocycles. The lowest BCUT2D eigenvalue weighted by Gasteiger charge is -2.21. The Kier molecular flexibility index (Phi) is 3.20. The first-order valence-electron chi connectivity index (χ1n) is 6.21. The number of hydrogen-bond donors (Lipinski definition) is 0. The minimum Gasteiger partial charge on any atom is -0.492 e. The number of hydrogen-bond acceptors (Lipinski definition) is 2. The zero-order valence-corrected chi connectivity index (χ0v) is 10.5. The molecule has 2 nitrogen and oxygen atoms in total. The van der Waals surface area contributed by atoms with Crippen molar-refractivity contribution in [2.24, 2.45) is 0 Å².